The van der Waals surface area contributed by atoms with E-state index in [1.54, 1.807) is 48.5 Å². The molecular formula is C18H12N2O5S. The third-order valence-electron chi connectivity index (χ3n) is 4.23. The summed E-state index contributed by atoms with van der Waals surface area (Å²) in [6, 6.07) is 13.8. The zero-order valence-electron chi connectivity index (χ0n) is 13.2. The zero-order valence-corrected chi connectivity index (χ0v) is 14.0. The molecule has 2 aromatic carbocycles. The number of rotatable bonds is 4. The Morgan fingerprint density at radius 3 is 2.35 bits per heavy atom. The number of fused-ring (bicyclic) bond motifs is 2. The van der Waals surface area contributed by atoms with Crippen molar-refractivity contribution < 1.29 is 24.2 Å². The molecule has 130 valence electrons. The summed E-state index contributed by atoms with van der Waals surface area (Å²) >= 11 is 0.815. The number of hydrogen-bond donors (Lipinski definition) is 3. The van der Waals surface area contributed by atoms with Crippen LogP contribution < -0.4 is 11.1 Å². The van der Waals surface area contributed by atoms with Gasteiger partial charge >= 0.3 is 0 Å². The van der Waals surface area contributed by atoms with Crippen LogP contribution in [0.3, 0.4) is 0 Å². The maximum Gasteiger partial charge on any atom is 0.258 e. The third-order valence-corrected chi connectivity index (χ3v) is 4.82. The summed E-state index contributed by atoms with van der Waals surface area (Å²) in [7, 11) is 0. The van der Waals surface area contributed by atoms with Gasteiger partial charge in [0.05, 0.1) is 34.6 Å². The van der Waals surface area contributed by atoms with E-state index in [0.717, 1.165) is 12.0 Å². The molecule has 7 nitrogen and oxygen atoms in total. The van der Waals surface area contributed by atoms with Gasteiger partial charge in [0.25, 0.3) is 5.91 Å². The van der Waals surface area contributed by atoms with Crippen LogP contribution in [0.5, 0.6) is 0 Å². The van der Waals surface area contributed by atoms with Crippen LogP contribution in [0.15, 0.2) is 64.6 Å². The summed E-state index contributed by atoms with van der Waals surface area (Å²) in [6.07, 6.45) is 0. The molecule has 0 fully saturated rings. The van der Waals surface area contributed by atoms with E-state index in [4.69, 9.17) is 11.0 Å². The highest BCUT2D eigenvalue weighted by atomic mass is 32.2. The Balaban J connectivity index is 1.82. The molecule has 0 atom stereocenters. The van der Waals surface area contributed by atoms with E-state index in [2.05, 4.69) is 14.7 Å². The molecule has 1 heterocycles. The maximum atomic E-state index is 13.0. The van der Waals surface area contributed by atoms with Gasteiger partial charge in [0.2, 0.25) is 0 Å². The van der Waals surface area contributed by atoms with Crippen molar-refractivity contribution in [2.24, 2.45) is 5.73 Å². The number of ketones is 1. The van der Waals surface area contributed by atoms with E-state index < -0.39 is 5.91 Å². The fraction of sp³-hybridized carbons (Fsp3) is 0. The SMILES string of the molecule is NC1=C2C(=O)NC(c3ccc(SOOO)cc3)=C2C(=O)c2ccccc21. The lowest BCUT2D eigenvalue weighted by atomic mass is 9.84. The number of carbonyl (C=O) groups is 2. The highest BCUT2D eigenvalue weighted by Gasteiger charge is 2.39. The van der Waals surface area contributed by atoms with Crippen LogP contribution >= 0.6 is 12.0 Å². The third kappa shape index (κ3) is 2.52. The summed E-state index contributed by atoms with van der Waals surface area (Å²) in [5, 5.41) is 14.5. The van der Waals surface area contributed by atoms with Crippen molar-refractivity contribution in [3.05, 3.63) is 76.4 Å². The molecule has 4 rings (SSSR count). The predicted octanol–water partition coefficient (Wildman–Crippen LogP) is 2.52. The molecule has 0 bridgehead atoms. The monoisotopic (exact) mass is 368 g/mol. The van der Waals surface area contributed by atoms with Crippen LogP contribution in [-0.4, -0.2) is 16.9 Å². The van der Waals surface area contributed by atoms with Gasteiger partial charge in [-0.25, -0.2) is 5.26 Å². The van der Waals surface area contributed by atoms with Crippen LogP contribution in [0.25, 0.3) is 11.4 Å². The molecular weight excluding hydrogens is 356 g/mol. The molecule has 0 spiro atoms. The Hall–Kier alpha value is -2.91. The van der Waals surface area contributed by atoms with Crippen molar-refractivity contribution in [1.29, 1.82) is 0 Å². The smallest absolute Gasteiger partial charge is 0.258 e. The minimum atomic E-state index is -0.397. The Kier molecular flexibility index (Phi) is 4.09. The number of amides is 1. The number of benzene rings is 2. The molecule has 0 saturated carbocycles. The molecule has 26 heavy (non-hydrogen) atoms. The van der Waals surface area contributed by atoms with Gasteiger partial charge < -0.3 is 11.1 Å². The van der Waals surface area contributed by atoms with Gasteiger partial charge in [0, 0.05) is 16.0 Å². The molecule has 2 aliphatic rings. The molecule has 0 saturated heterocycles. The lowest BCUT2D eigenvalue weighted by molar-refractivity contribution is -0.432. The lowest BCUT2D eigenvalue weighted by Gasteiger charge is -2.18. The van der Waals surface area contributed by atoms with Gasteiger partial charge in [-0.3, -0.25) is 9.59 Å². The van der Waals surface area contributed by atoms with Crippen molar-refractivity contribution >= 4 is 35.1 Å². The first-order valence-corrected chi connectivity index (χ1v) is 8.31. The maximum absolute atomic E-state index is 13.0. The fourth-order valence-corrected chi connectivity index (χ4v) is 3.45. The minimum Gasteiger partial charge on any atom is -0.398 e. The number of Topliss-reactive ketones (excluding diaryl/α,β-unsaturated/α-hetero) is 1. The van der Waals surface area contributed by atoms with E-state index >= 15 is 0 Å². The molecule has 1 aliphatic heterocycles. The fourth-order valence-electron chi connectivity index (χ4n) is 3.09. The second kappa shape index (κ2) is 6.43. The van der Waals surface area contributed by atoms with Crippen molar-refractivity contribution in [2.45, 2.75) is 4.90 Å². The number of nitrogens with one attached hydrogen (secondary N) is 1. The lowest BCUT2D eigenvalue weighted by Crippen LogP contribution is -2.22. The van der Waals surface area contributed by atoms with Crippen LogP contribution in [0.1, 0.15) is 21.5 Å². The Labute approximate surface area is 152 Å². The summed E-state index contributed by atoms with van der Waals surface area (Å²) in [4.78, 5) is 26.1. The average Bonchev–Trinajstić information content (AvgIpc) is 3.02. The van der Waals surface area contributed by atoms with Crippen molar-refractivity contribution in [3.8, 4) is 0 Å². The molecule has 0 unspecified atom stereocenters. The number of hydrogen-bond acceptors (Lipinski definition) is 7. The Morgan fingerprint density at radius 1 is 0.962 bits per heavy atom. The first-order valence-electron chi connectivity index (χ1n) is 7.57. The minimum absolute atomic E-state index is 0.208. The Bertz CT molecular complexity index is 995. The highest BCUT2D eigenvalue weighted by Crippen LogP contribution is 2.39. The van der Waals surface area contributed by atoms with Crippen molar-refractivity contribution in [1.82, 2.24) is 5.32 Å². The predicted molar refractivity (Wildman–Crippen MR) is 94.0 cm³/mol. The average molecular weight is 368 g/mol. The molecule has 4 N–H and O–H groups in total. The summed E-state index contributed by atoms with van der Waals surface area (Å²) in [6.45, 7) is 0. The van der Waals surface area contributed by atoms with Gasteiger partial charge in [0.1, 0.15) is 0 Å². The summed E-state index contributed by atoms with van der Waals surface area (Å²) < 4.78 is 4.37. The first-order chi connectivity index (χ1) is 12.6. The van der Waals surface area contributed by atoms with Crippen LogP contribution in [-0.2, 0) is 14.2 Å². The van der Waals surface area contributed by atoms with Gasteiger partial charge in [-0.1, -0.05) is 41.4 Å². The molecule has 1 aliphatic carbocycles. The quantitative estimate of drug-likeness (QED) is 0.432. The van der Waals surface area contributed by atoms with E-state index in [9.17, 15) is 9.59 Å². The zero-order chi connectivity index (χ0) is 18.3. The molecule has 1 amide bonds. The van der Waals surface area contributed by atoms with Gasteiger partial charge in [-0.2, -0.15) is 0 Å². The van der Waals surface area contributed by atoms with Crippen LogP contribution in [0.2, 0.25) is 0 Å². The molecule has 0 aromatic heterocycles. The van der Waals surface area contributed by atoms with Crippen LogP contribution in [0.4, 0.5) is 0 Å². The van der Waals surface area contributed by atoms with Gasteiger partial charge in [-0.15, -0.1) is 4.33 Å². The Morgan fingerprint density at radius 2 is 1.65 bits per heavy atom. The van der Waals surface area contributed by atoms with Crippen molar-refractivity contribution in [3.63, 3.8) is 0 Å². The topological polar surface area (TPSA) is 111 Å². The highest BCUT2D eigenvalue weighted by molar-refractivity contribution is 7.94. The summed E-state index contributed by atoms with van der Waals surface area (Å²) in [5.74, 6) is -0.639. The van der Waals surface area contributed by atoms with E-state index in [1.807, 2.05) is 0 Å². The second-order valence-electron chi connectivity index (χ2n) is 5.62. The number of nitrogens with two attached hydrogens (primary N) is 1. The normalized spacial score (nSPS) is 15.9. The van der Waals surface area contributed by atoms with E-state index in [-0.39, 0.29) is 16.9 Å². The van der Waals surface area contributed by atoms with Crippen molar-refractivity contribution in [2.75, 3.05) is 0 Å². The van der Waals surface area contributed by atoms with Gasteiger partial charge in [0.15, 0.2) is 5.78 Å². The van der Waals surface area contributed by atoms with E-state index in [1.165, 1.54) is 0 Å². The molecule has 8 heteroatoms. The van der Waals surface area contributed by atoms with E-state index in [0.29, 0.717) is 33.0 Å². The second-order valence-corrected chi connectivity index (χ2v) is 6.39. The van der Waals surface area contributed by atoms with Crippen LogP contribution in [0, 0.1) is 0 Å². The molecule has 2 aromatic rings. The number of carbonyl (C=O) groups excluding carboxylic acids is 2. The summed E-state index contributed by atoms with van der Waals surface area (Å²) in [5.41, 5.74) is 9.07. The largest absolute Gasteiger partial charge is 0.398 e. The first kappa shape index (κ1) is 16.6. The molecule has 0 radical (unpaired) electrons. The standard InChI is InChI=1S/C18H12N2O5S/c19-15-11-3-1-2-4-12(11)17(21)14-13(15)18(22)20-16(14)9-5-7-10(8-6-9)26-25-24-23/h1-8,23H,19H2,(H,20,22). The van der Waals surface area contributed by atoms with Gasteiger partial charge in [-0.05, 0) is 17.7 Å².